The molecule has 0 amide bonds. The second kappa shape index (κ2) is 7.60. The molecule has 0 radical (unpaired) electrons. The van der Waals surface area contributed by atoms with Crippen molar-refractivity contribution in [3.63, 3.8) is 0 Å². The zero-order valence-electron chi connectivity index (χ0n) is 7.52. The molecule has 1 aliphatic heterocycles. The van der Waals surface area contributed by atoms with Crippen LogP contribution in [0.2, 0.25) is 17.4 Å². The highest BCUT2D eigenvalue weighted by atomic mass is 27.2. The minimum atomic E-state index is -0.139. The minimum absolute atomic E-state index is 0.139. The van der Waals surface area contributed by atoms with Gasteiger partial charge in [-0.15, -0.1) is 17.4 Å². The maximum absolute atomic E-state index is 5.07. The summed E-state index contributed by atoms with van der Waals surface area (Å²) in [4.78, 5) is 0. The molecule has 0 aliphatic carbocycles. The molecule has 1 rings (SSSR count). The van der Waals surface area contributed by atoms with Crippen molar-refractivity contribution >= 4 is 14.1 Å². The molecule has 0 atom stereocenters. The van der Waals surface area contributed by atoms with Gasteiger partial charge in [0, 0.05) is 13.2 Å². The van der Waals surface area contributed by atoms with Gasteiger partial charge in [0.15, 0.2) is 0 Å². The van der Waals surface area contributed by atoms with Gasteiger partial charge in [-0.2, -0.15) is 0 Å². The molecule has 1 saturated heterocycles. The molecule has 2 heteroatoms. The molecule has 0 saturated carbocycles. The van der Waals surface area contributed by atoms with Gasteiger partial charge >= 0.3 is 0 Å². The van der Waals surface area contributed by atoms with Gasteiger partial charge in [-0.25, -0.2) is 0 Å². The predicted molar refractivity (Wildman–Crippen MR) is 48.0 cm³/mol. The fraction of sp³-hybridized carbons (Fsp3) is 1.00. The lowest BCUT2D eigenvalue weighted by Gasteiger charge is -2.08. The van der Waals surface area contributed by atoms with Crippen molar-refractivity contribution < 1.29 is 4.74 Å². The van der Waals surface area contributed by atoms with E-state index in [1.54, 1.807) is 0 Å². The molecule has 10 heavy (non-hydrogen) atoms. The van der Waals surface area contributed by atoms with E-state index in [0.717, 1.165) is 13.2 Å². The second-order valence-corrected chi connectivity index (χ2v) is 6.87. The van der Waals surface area contributed by atoms with Gasteiger partial charge in [0.1, 0.15) is 0 Å². The van der Waals surface area contributed by atoms with E-state index in [9.17, 15) is 0 Å². The van der Waals surface area contributed by atoms with Crippen molar-refractivity contribution in [2.24, 2.45) is 0 Å². The number of hydrogen-bond donors (Lipinski definition) is 0. The summed E-state index contributed by atoms with van der Waals surface area (Å²) in [5.41, 5.74) is 0. The van der Waals surface area contributed by atoms with Gasteiger partial charge in [0.25, 0.3) is 14.1 Å². The third kappa shape index (κ3) is 11.3. The summed E-state index contributed by atoms with van der Waals surface area (Å²) in [7, 11) is 0. The van der Waals surface area contributed by atoms with Crippen molar-refractivity contribution in [1.82, 2.24) is 0 Å². The third-order valence-corrected chi connectivity index (χ3v) is 1.08. The van der Waals surface area contributed by atoms with Gasteiger partial charge in [0.2, 0.25) is 0 Å². The Morgan fingerprint density at radius 1 is 0.900 bits per heavy atom. The first kappa shape index (κ1) is 10.5. The van der Waals surface area contributed by atoms with Gasteiger partial charge < -0.3 is 4.74 Å². The summed E-state index contributed by atoms with van der Waals surface area (Å²) in [5.74, 6) is 6.92. The SMILES string of the molecule is C1CCOCC1.[CH3][Al]([CH3])[CH3]. The van der Waals surface area contributed by atoms with E-state index in [-0.39, 0.29) is 14.1 Å². The van der Waals surface area contributed by atoms with E-state index in [4.69, 9.17) is 4.74 Å². The van der Waals surface area contributed by atoms with Gasteiger partial charge in [-0.05, 0) is 19.3 Å². The van der Waals surface area contributed by atoms with Crippen LogP contribution < -0.4 is 0 Å². The first-order valence-electron chi connectivity index (χ1n) is 4.31. The highest BCUT2D eigenvalue weighted by molar-refractivity contribution is 6.54. The largest absolute Gasteiger partial charge is 0.381 e. The molecule has 60 valence electrons. The molecule has 0 aromatic heterocycles. The smallest absolute Gasteiger partial charge is 0.251 e. The third-order valence-electron chi connectivity index (χ3n) is 1.08. The van der Waals surface area contributed by atoms with Crippen molar-refractivity contribution in [2.45, 2.75) is 36.6 Å². The lowest BCUT2D eigenvalue weighted by Crippen LogP contribution is -2.03. The number of hydrogen-bond acceptors (Lipinski definition) is 1. The van der Waals surface area contributed by atoms with Crippen LogP contribution in [0.25, 0.3) is 0 Å². The molecule has 0 N–H and O–H groups in total. The molecule has 0 aromatic carbocycles. The van der Waals surface area contributed by atoms with Crippen LogP contribution in [0.1, 0.15) is 19.3 Å². The molecule has 1 heterocycles. The van der Waals surface area contributed by atoms with Crippen molar-refractivity contribution in [1.29, 1.82) is 0 Å². The Morgan fingerprint density at radius 2 is 1.30 bits per heavy atom. The summed E-state index contributed by atoms with van der Waals surface area (Å²) in [6.07, 6.45) is 3.93. The highest BCUT2D eigenvalue weighted by Crippen LogP contribution is 2.02. The Balaban J connectivity index is 0.000000180. The van der Waals surface area contributed by atoms with Gasteiger partial charge in [0.05, 0.1) is 0 Å². The maximum atomic E-state index is 5.07. The van der Waals surface area contributed by atoms with Crippen molar-refractivity contribution in [3.05, 3.63) is 0 Å². The molecular weight excluding hydrogens is 139 g/mol. The predicted octanol–water partition coefficient (Wildman–Crippen LogP) is 2.56. The zero-order chi connectivity index (χ0) is 7.82. The first-order chi connectivity index (χ1) is 4.73. The van der Waals surface area contributed by atoms with Crippen molar-refractivity contribution in [3.8, 4) is 0 Å². The molecule has 1 fully saturated rings. The van der Waals surface area contributed by atoms with Crippen LogP contribution in [0.5, 0.6) is 0 Å². The van der Waals surface area contributed by atoms with Crippen LogP contribution in [0, 0.1) is 0 Å². The summed E-state index contributed by atoms with van der Waals surface area (Å²) < 4.78 is 5.07. The molecule has 0 spiro atoms. The van der Waals surface area contributed by atoms with Crippen LogP contribution >= 0.6 is 0 Å². The fourth-order valence-electron chi connectivity index (χ4n) is 0.687. The summed E-state index contributed by atoms with van der Waals surface area (Å²) in [5, 5.41) is 0. The van der Waals surface area contributed by atoms with Crippen LogP contribution in [-0.4, -0.2) is 27.4 Å². The Morgan fingerprint density at radius 3 is 1.40 bits per heavy atom. The van der Waals surface area contributed by atoms with Crippen LogP contribution in [-0.2, 0) is 4.74 Å². The molecule has 1 aliphatic rings. The van der Waals surface area contributed by atoms with E-state index >= 15 is 0 Å². The van der Waals surface area contributed by atoms with E-state index in [2.05, 4.69) is 17.4 Å². The Bertz CT molecular complexity index is 46.0. The molecular formula is C8H19AlO. The van der Waals surface area contributed by atoms with Gasteiger partial charge in [-0.3, -0.25) is 0 Å². The maximum Gasteiger partial charge on any atom is 0.251 e. The lowest BCUT2D eigenvalue weighted by molar-refractivity contribution is 0.0968. The van der Waals surface area contributed by atoms with E-state index < -0.39 is 0 Å². The summed E-state index contributed by atoms with van der Waals surface area (Å²) in [6.45, 7) is 2.00. The quantitative estimate of drug-likeness (QED) is 0.492. The summed E-state index contributed by atoms with van der Waals surface area (Å²) >= 11 is -0.139. The normalized spacial score (nSPS) is 17.1. The lowest BCUT2D eigenvalue weighted by atomic mass is 10.2. The first-order valence-corrected chi connectivity index (χ1v) is 7.77. The Labute approximate surface area is 69.2 Å². The van der Waals surface area contributed by atoms with E-state index in [1.807, 2.05) is 0 Å². The van der Waals surface area contributed by atoms with Crippen LogP contribution in [0.4, 0.5) is 0 Å². The number of rotatable bonds is 0. The van der Waals surface area contributed by atoms with Crippen molar-refractivity contribution in [2.75, 3.05) is 13.2 Å². The standard InChI is InChI=1S/C5H10O.3CH3.Al/c1-2-4-6-5-3-1;;;;/h1-5H2;3*1H3;. The summed E-state index contributed by atoms with van der Waals surface area (Å²) in [6, 6.07) is 0. The van der Waals surface area contributed by atoms with Crippen LogP contribution in [0.3, 0.4) is 0 Å². The second-order valence-electron chi connectivity index (χ2n) is 3.41. The van der Waals surface area contributed by atoms with Crippen LogP contribution in [0.15, 0.2) is 0 Å². The fourth-order valence-corrected chi connectivity index (χ4v) is 0.687. The molecule has 0 unspecified atom stereocenters. The number of ether oxygens (including phenoxy) is 1. The van der Waals surface area contributed by atoms with E-state index in [1.165, 1.54) is 19.3 Å². The topological polar surface area (TPSA) is 9.23 Å². The zero-order valence-corrected chi connectivity index (χ0v) is 8.68. The van der Waals surface area contributed by atoms with Gasteiger partial charge in [-0.1, -0.05) is 0 Å². The highest BCUT2D eigenvalue weighted by Gasteiger charge is 1.94. The molecule has 0 aromatic rings. The average molecular weight is 158 g/mol. The van der Waals surface area contributed by atoms with E-state index in [0.29, 0.717) is 0 Å². The molecule has 0 bridgehead atoms. The Hall–Kier alpha value is 0.492. The molecule has 1 nitrogen and oxygen atoms in total. The monoisotopic (exact) mass is 158 g/mol. The Kier molecular flexibility index (Phi) is 7.97. The minimum Gasteiger partial charge on any atom is -0.381 e. The average Bonchev–Trinajstić information content (AvgIpc) is 1.90.